The van der Waals surface area contributed by atoms with Gasteiger partial charge < -0.3 is 10.5 Å². The van der Waals surface area contributed by atoms with E-state index in [9.17, 15) is 4.39 Å². The minimum Gasteiger partial charge on any atom is -0.490 e. The van der Waals surface area contributed by atoms with Gasteiger partial charge in [-0.3, -0.25) is 0 Å². The van der Waals surface area contributed by atoms with Crippen LogP contribution in [0.2, 0.25) is 0 Å². The van der Waals surface area contributed by atoms with Gasteiger partial charge in [0.2, 0.25) is 0 Å². The lowest BCUT2D eigenvalue weighted by atomic mass is 10.1. The fourth-order valence-corrected chi connectivity index (χ4v) is 1.52. The predicted molar refractivity (Wildman–Crippen MR) is 66.5 cm³/mol. The molecule has 2 rings (SSSR count). The molecule has 3 heteroatoms. The van der Waals surface area contributed by atoms with E-state index in [4.69, 9.17) is 10.5 Å². The summed E-state index contributed by atoms with van der Waals surface area (Å²) in [5, 5.41) is 0. The summed E-state index contributed by atoms with van der Waals surface area (Å²) >= 11 is 0. The highest BCUT2D eigenvalue weighted by Gasteiger charge is 2.01. The molecule has 0 atom stereocenters. The maximum Gasteiger partial charge on any atom is 0.165 e. The number of benzene rings is 2. The summed E-state index contributed by atoms with van der Waals surface area (Å²) in [6, 6.07) is 14.0. The van der Waals surface area contributed by atoms with Gasteiger partial charge >= 0.3 is 0 Å². The molecule has 17 heavy (non-hydrogen) atoms. The van der Waals surface area contributed by atoms with Crippen LogP contribution in [0.25, 0.3) is 0 Å². The fourth-order valence-electron chi connectivity index (χ4n) is 1.52. The van der Waals surface area contributed by atoms with E-state index in [2.05, 4.69) is 0 Å². The molecule has 0 bridgehead atoms. The quantitative estimate of drug-likeness (QED) is 0.821. The third-order valence-electron chi connectivity index (χ3n) is 2.46. The van der Waals surface area contributed by atoms with Crippen LogP contribution in [-0.4, -0.2) is 6.61 Å². The Labute approximate surface area is 99.8 Å². The van der Waals surface area contributed by atoms with E-state index in [1.807, 2.05) is 24.3 Å². The van der Waals surface area contributed by atoms with Crippen LogP contribution in [0, 0.1) is 5.82 Å². The summed E-state index contributed by atoms with van der Waals surface area (Å²) < 4.78 is 18.6. The monoisotopic (exact) mass is 231 g/mol. The molecule has 0 heterocycles. The number of para-hydroxylation sites is 1. The Hall–Kier alpha value is -2.03. The molecule has 2 aromatic carbocycles. The van der Waals surface area contributed by atoms with Gasteiger partial charge in [-0.1, -0.05) is 24.3 Å². The Balaban J connectivity index is 1.88. The van der Waals surface area contributed by atoms with Crippen LogP contribution in [0.15, 0.2) is 48.5 Å². The van der Waals surface area contributed by atoms with E-state index >= 15 is 0 Å². The van der Waals surface area contributed by atoms with Crippen molar-refractivity contribution in [3.63, 3.8) is 0 Å². The van der Waals surface area contributed by atoms with Crippen LogP contribution in [0.1, 0.15) is 5.56 Å². The van der Waals surface area contributed by atoms with Gasteiger partial charge in [-0.05, 0) is 29.8 Å². The van der Waals surface area contributed by atoms with Crippen molar-refractivity contribution in [3.8, 4) is 5.75 Å². The number of nitrogen functional groups attached to an aromatic ring is 1. The molecule has 2 N–H and O–H groups in total. The number of nitrogens with two attached hydrogens (primary N) is 1. The number of halogens is 1. The summed E-state index contributed by atoms with van der Waals surface area (Å²) in [4.78, 5) is 0. The van der Waals surface area contributed by atoms with Crippen LogP contribution >= 0.6 is 0 Å². The van der Waals surface area contributed by atoms with Crippen molar-refractivity contribution in [1.29, 1.82) is 0 Å². The Morgan fingerprint density at radius 3 is 2.41 bits per heavy atom. The molecule has 88 valence electrons. The van der Waals surface area contributed by atoms with Gasteiger partial charge in [0, 0.05) is 12.1 Å². The average Bonchev–Trinajstić information content (AvgIpc) is 2.34. The third-order valence-corrected chi connectivity index (χ3v) is 2.46. The number of anilines is 1. The normalized spacial score (nSPS) is 10.2. The molecule has 0 radical (unpaired) electrons. The molecule has 0 aromatic heterocycles. The maximum atomic E-state index is 13.2. The van der Waals surface area contributed by atoms with Crippen molar-refractivity contribution in [1.82, 2.24) is 0 Å². The molecule has 0 saturated carbocycles. The van der Waals surface area contributed by atoms with Gasteiger partial charge in [-0.2, -0.15) is 0 Å². The molecule has 2 nitrogen and oxygen atoms in total. The first-order valence-electron chi connectivity index (χ1n) is 5.47. The minimum atomic E-state index is -0.329. The van der Waals surface area contributed by atoms with Crippen molar-refractivity contribution in [2.24, 2.45) is 0 Å². The molecule has 2 aromatic rings. The largest absolute Gasteiger partial charge is 0.490 e. The van der Waals surface area contributed by atoms with Crippen molar-refractivity contribution >= 4 is 5.69 Å². The van der Waals surface area contributed by atoms with Gasteiger partial charge in [0.15, 0.2) is 11.6 Å². The Bertz CT molecular complexity index is 482. The van der Waals surface area contributed by atoms with E-state index in [1.165, 1.54) is 6.07 Å². The smallest absolute Gasteiger partial charge is 0.165 e. The number of rotatable bonds is 4. The topological polar surface area (TPSA) is 35.2 Å². The molecule has 0 aliphatic carbocycles. The van der Waals surface area contributed by atoms with E-state index in [0.29, 0.717) is 12.4 Å². The van der Waals surface area contributed by atoms with Gasteiger partial charge in [0.25, 0.3) is 0 Å². The highest BCUT2D eigenvalue weighted by Crippen LogP contribution is 2.15. The zero-order chi connectivity index (χ0) is 12.1. The highest BCUT2D eigenvalue weighted by atomic mass is 19.1. The zero-order valence-electron chi connectivity index (χ0n) is 9.40. The lowest BCUT2D eigenvalue weighted by Crippen LogP contribution is -2.02. The summed E-state index contributed by atoms with van der Waals surface area (Å²) in [5.74, 6) is -0.0345. The molecular formula is C14H14FNO. The van der Waals surface area contributed by atoms with Crippen LogP contribution in [0.4, 0.5) is 10.1 Å². The van der Waals surface area contributed by atoms with E-state index in [0.717, 1.165) is 17.7 Å². The molecule has 0 amide bonds. The van der Waals surface area contributed by atoms with Crippen LogP contribution in [0.5, 0.6) is 5.75 Å². The summed E-state index contributed by atoms with van der Waals surface area (Å²) in [6.07, 6.45) is 0.731. The number of hydrogen-bond acceptors (Lipinski definition) is 2. The van der Waals surface area contributed by atoms with Crippen LogP contribution in [0.3, 0.4) is 0 Å². The predicted octanol–water partition coefficient (Wildman–Crippen LogP) is 3.03. The van der Waals surface area contributed by atoms with E-state index < -0.39 is 0 Å². The first kappa shape index (κ1) is 11.5. The molecule has 0 aliphatic heterocycles. The molecule has 0 saturated heterocycles. The first-order chi connectivity index (χ1) is 8.25. The van der Waals surface area contributed by atoms with Gasteiger partial charge in [-0.25, -0.2) is 4.39 Å². The van der Waals surface area contributed by atoms with Crippen LogP contribution in [-0.2, 0) is 6.42 Å². The molecule has 0 fully saturated rings. The lowest BCUT2D eigenvalue weighted by Gasteiger charge is -2.07. The summed E-state index contributed by atoms with van der Waals surface area (Å²) in [7, 11) is 0. The Morgan fingerprint density at radius 2 is 1.71 bits per heavy atom. The summed E-state index contributed by atoms with van der Waals surface area (Å²) in [6.45, 7) is 0.449. The van der Waals surface area contributed by atoms with Crippen molar-refractivity contribution in [3.05, 3.63) is 59.9 Å². The van der Waals surface area contributed by atoms with Crippen molar-refractivity contribution in [2.75, 3.05) is 12.3 Å². The number of hydrogen-bond donors (Lipinski definition) is 1. The van der Waals surface area contributed by atoms with E-state index in [-0.39, 0.29) is 5.82 Å². The van der Waals surface area contributed by atoms with Gasteiger partial charge in [0.1, 0.15) is 0 Å². The van der Waals surface area contributed by atoms with Gasteiger partial charge in [-0.15, -0.1) is 0 Å². The Morgan fingerprint density at radius 1 is 1.00 bits per heavy atom. The first-order valence-corrected chi connectivity index (χ1v) is 5.47. The van der Waals surface area contributed by atoms with E-state index in [1.54, 1.807) is 18.2 Å². The van der Waals surface area contributed by atoms with Crippen molar-refractivity contribution in [2.45, 2.75) is 6.42 Å². The second-order valence-corrected chi connectivity index (χ2v) is 3.77. The third kappa shape index (κ3) is 3.21. The highest BCUT2D eigenvalue weighted by molar-refractivity contribution is 5.39. The minimum absolute atomic E-state index is 0.294. The standard InChI is InChI=1S/C14H14FNO/c15-13-3-1-2-4-14(13)17-10-9-11-5-7-12(16)8-6-11/h1-8H,9-10,16H2. The summed E-state index contributed by atoms with van der Waals surface area (Å²) in [5.41, 5.74) is 7.45. The SMILES string of the molecule is Nc1ccc(CCOc2ccccc2F)cc1. The average molecular weight is 231 g/mol. The second-order valence-electron chi connectivity index (χ2n) is 3.77. The molecule has 0 unspecified atom stereocenters. The van der Waals surface area contributed by atoms with Gasteiger partial charge in [0.05, 0.1) is 6.61 Å². The second kappa shape index (κ2) is 5.34. The molecular weight excluding hydrogens is 217 g/mol. The Kier molecular flexibility index (Phi) is 3.60. The zero-order valence-corrected chi connectivity index (χ0v) is 9.40. The molecule has 0 aliphatic rings. The lowest BCUT2D eigenvalue weighted by molar-refractivity contribution is 0.305. The molecule has 0 spiro atoms. The van der Waals surface area contributed by atoms with Crippen LogP contribution < -0.4 is 10.5 Å². The van der Waals surface area contributed by atoms with Crippen molar-refractivity contribution < 1.29 is 9.13 Å². The fraction of sp³-hybridized carbons (Fsp3) is 0.143. The maximum absolute atomic E-state index is 13.2. The number of ether oxygens (including phenoxy) is 1.